The van der Waals surface area contributed by atoms with Gasteiger partial charge in [-0.05, 0) is 11.5 Å². The topological polar surface area (TPSA) is 68.0 Å². The fraction of sp³-hybridized carbons (Fsp3) is 0.333. The maximum atomic E-state index is 12.1. The number of carbonyl (C=O) groups excluding carboxylic acids is 1. The number of thiazole rings is 1. The lowest BCUT2D eigenvalue weighted by Crippen LogP contribution is -2.32. The van der Waals surface area contributed by atoms with Crippen molar-refractivity contribution < 1.29 is 4.79 Å². The smallest absolute Gasteiger partial charge is 0.226 e. The Balaban J connectivity index is 2.03. The SMILES string of the molecule is CC(C)C(NC(=O)Cc1csc(N)n1)c1ccccc1. The minimum atomic E-state index is -0.0298. The number of nitrogens with zero attached hydrogens (tertiary/aromatic N) is 1. The molecule has 0 fully saturated rings. The van der Waals surface area contributed by atoms with Crippen LogP contribution in [0.2, 0.25) is 0 Å². The van der Waals surface area contributed by atoms with Crippen LogP contribution in [-0.2, 0) is 11.2 Å². The number of aromatic nitrogens is 1. The van der Waals surface area contributed by atoms with E-state index in [1.54, 1.807) is 0 Å². The monoisotopic (exact) mass is 289 g/mol. The van der Waals surface area contributed by atoms with Crippen molar-refractivity contribution in [3.8, 4) is 0 Å². The lowest BCUT2D eigenvalue weighted by atomic mass is 9.96. The van der Waals surface area contributed by atoms with E-state index in [9.17, 15) is 4.79 Å². The van der Waals surface area contributed by atoms with E-state index in [0.29, 0.717) is 11.0 Å². The minimum absolute atomic E-state index is 0.0136. The van der Waals surface area contributed by atoms with Gasteiger partial charge >= 0.3 is 0 Å². The Kier molecular flexibility index (Phi) is 4.74. The predicted molar refractivity (Wildman–Crippen MR) is 82.4 cm³/mol. The molecule has 5 heteroatoms. The van der Waals surface area contributed by atoms with Crippen LogP contribution in [0, 0.1) is 5.92 Å². The van der Waals surface area contributed by atoms with Gasteiger partial charge in [-0.1, -0.05) is 44.2 Å². The number of hydrogen-bond acceptors (Lipinski definition) is 4. The average molecular weight is 289 g/mol. The molecular weight excluding hydrogens is 270 g/mol. The molecule has 1 amide bonds. The summed E-state index contributed by atoms with van der Waals surface area (Å²) in [5.41, 5.74) is 7.41. The zero-order valence-corrected chi connectivity index (χ0v) is 12.5. The average Bonchev–Trinajstić information content (AvgIpc) is 2.82. The van der Waals surface area contributed by atoms with Gasteiger partial charge in [-0.3, -0.25) is 4.79 Å². The number of benzene rings is 1. The van der Waals surface area contributed by atoms with Crippen LogP contribution < -0.4 is 11.1 Å². The van der Waals surface area contributed by atoms with E-state index in [1.165, 1.54) is 11.3 Å². The highest BCUT2D eigenvalue weighted by Gasteiger charge is 2.18. The third-order valence-corrected chi connectivity index (χ3v) is 3.78. The summed E-state index contributed by atoms with van der Waals surface area (Å²) < 4.78 is 0. The van der Waals surface area contributed by atoms with Crippen molar-refractivity contribution in [2.24, 2.45) is 5.92 Å². The lowest BCUT2D eigenvalue weighted by molar-refractivity contribution is -0.121. The first-order chi connectivity index (χ1) is 9.56. The highest BCUT2D eigenvalue weighted by atomic mass is 32.1. The molecule has 0 radical (unpaired) electrons. The van der Waals surface area contributed by atoms with Gasteiger partial charge < -0.3 is 11.1 Å². The van der Waals surface area contributed by atoms with Crippen molar-refractivity contribution in [2.45, 2.75) is 26.3 Å². The van der Waals surface area contributed by atoms with Crippen molar-refractivity contribution in [1.82, 2.24) is 10.3 Å². The second-order valence-electron chi connectivity index (χ2n) is 5.05. The number of carbonyl (C=O) groups is 1. The van der Waals surface area contributed by atoms with Crippen molar-refractivity contribution >= 4 is 22.4 Å². The fourth-order valence-electron chi connectivity index (χ4n) is 2.09. The summed E-state index contributed by atoms with van der Waals surface area (Å²) in [6, 6.07) is 10.0. The number of nitrogen functional groups attached to an aromatic ring is 1. The van der Waals surface area contributed by atoms with Gasteiger partial charge in [0.2, 0.25) is 5.91 Å². The first-order valence-electron chi connectivity index (χ1n) is 6.60. The minimum Gasteiger partial charge on any atom is -0.375 e. The van der Waals surface area contributed by atoms with E-state index in [0.717, 1.165) is 11.3 Å². The van der Waals surface area contributed by atoms with Crippen LogP contribution in [-0.4, -0.2) is 10.9 Å². The molecule has 1 unspecified atom stereocenters. The maximum Gasteiger partial charge on any atom is 0.226 e. The molecule has 0 aliphatic carbocycles. The largest absolute Gasteiger partial charge is 0.375 e. The van der Waals surface area contributed by atoms with E-state index in [2.05, 4.69) is 24.1 Å². The Morgan fingerprint density at radius 2 is 2.05 bits per heavy atom. The Morgan fingerprint density at radius 1 is 1.35 bits per heavy atom. The summed E-state index contributed by atoms with van der Waals surface area (Å²) >= 11 is 1.35. The van der Waals surface area contributed by atoms with Crippen LogP contribution in [0.15, 0.2) is 35.7 Å². The normalized spacial score (nSPS) is 12.3. The van der Waals surface area contributed by atoms with E-state index in [1.807, 2.05) is 35.7 Å². The van der Waals surface area contributed by atoms with Crippen LogP contribution >= 0.6 is 11.3 Å². The zero-order chi connectivity index (χ0) is 14.5. The zero-order valence-electron chi connectivity index (χ0n) is 11.7. The summed E-state index contributed by atoms with van der Waals surface area (Å²) in [5, 5.41) is 5.39. The Hall–Kier alpha value is -1.88. The highest BCUT2D eigenvalue weighted by molar-refractivity contribution is 7.13. The summed E-state index contributed by atoms with van der Waals surface area (Å²) in [4.78, 5) is 16.2. The fourth-order valence-corrected chi connectivity index (χ4v) is 2.65. The number of hydrogen-bond donors (Lipinski definition) is 2. The number of amides is 1. The third-order valence-electron chi connectivity index (χ3n) is 3.05. The standard InChI is InChI=1S/C15H19N3OS/c1-10(2)14(11-6-4-3-5-7-11)18-13(19)8-12-9-20-15(16)17-12/h3-7,9-10,14H,8H2,1-2H3,(H2,16,17)(H,18,19). The maximum absolute atomic E-state index is 12.1. The molecule has 2 aromatic rings. The number of nitrogens with one attached hydrogen (secondary N) is 1. The Labute approximate surface area is 123 Å². The number of anilines is 1. The molecule has 4 nitrogen and oxygen atoms in total. The van der Waals surface area contributed by atoms with Gasteiger partial charge in [-0.2, -0.15) is 0 Å². The molecule has 0 bridgehead atoms. The van der Waals surface area contributed by atoms with Gasteiger partial charge in [0.1, 0.15) is 0 Å². The van der Waals surface area contributed by atoms with Crippen molar-refractivity contribution in [3.63, 3.8) is 0 Å². The van der Waals surface area contributed by atoms with Gasteiger partial charge in [0.25, 0.3) is 0 Å². The third kappa shape index (κ3) is 3.81. The number of nitrogens with two attached hydrogens (primary N) is 1. The Morgan fingerprint density at radius 3 is 2.60 bits per heavy atom. The molecule has 20 heavy (non-hydrogen) atoms. The molecule has 2 rings (SSSR count). The lowest BCUT2D eigenvalue weighted by Gasteiger charge is -2.22. The summed E-state index contributed by atoms with van der Waals surface area (Å²) in [6.07, 6.45) is 0.268. The molecule has 1 aromatic heterocycles. The van der Waals surface area contributed by atoms with Crippen LogP contribution in [0.1, 0.15) is 31.1 Å². The second kappa shape index (κ2) is 6.52. The molecule has 1 heterocycles. The molecule has 1 atom stereocenters. The first kappa shape index (κ1) is 14.5. The van der Waals surface area contributed by atoms with Gasteiger partial charge in [0, 0.05) is 5.38 Å². The van der Waals surface area contributed by atoms with Crippen molar-refractivity contribution in [3.05, 3.63) is 47.0 Å². The number of rotatable bonds is 5. The van der Waals surface area contributed by atoms with Crippen LogP contribution in [0.5, 0.6) is 0 Å². The molecule has 1 aromatic carbocycles. The van der Waals surface area contributed by atoms with Crippen LogP contribution in [0.25, 0.3) is 0 Å². The molecule has 0 spiro atoms. The molecule has 3 N–H and O–H groups in total. The summed E-state index contributed by atoms with van der Waals surface area (Å²) in [5.74, 6) is 0.291. The van der Waals surface area contributed by atoms with Gasteiger partial charge in [0.15, 0.2) is 5.13 Å². The van der Waals surface area contributed by atoms with E-state index in [-0.39, 0.29) is 18.4 Å². The van der Waals surface area contributed by atoms with Gasteiger partial charge in [0.05, 0.1) is 18.2 Å². The molecule has 0 saturated carbocycles. The predicted octanol–water partition coefficient (Wildman–Crippen LogP) is 2.78. The summed E-state index contributed by atoms with van der Waals surface area (Å²) in [6.45, 7) is 4.19. The van der Waals surface area contributed by atoms with Crippen molar-refractivity contribution in [1.29, 1.82) is 0 Å². The molecule has 0 aliphatic heterocycles. The van der Waals surface area contributed by atoms with Gasteiger partial charge in [-0.25, -0.2) is 4.98 Å². The highest BCUT2D eigenvalue weighted by Crippen LogP contribution is 2.21. The van der Waals surface area contributed by atoms with E-state index >= 15 is 0 Å². The van der Waals surface area contributed by atoms with Crippen molar-refractivity contribution in [2.75, 3.05) is 5.73 Å². The van der Waals surface area contributed by atoms with E-state index < -0.39 is 0 Å². The summed E-state index contributed by atoms with van der Waals surface area (Å²) in [7, 11) is 0. The molecule has 0 saturated heterocycles. The second-order valence-corrected chi connectivity index (χ2v) is 5.94. The molecule has 106 valence electrons. The molecule has 0 aliphatic rings. The van der Waals surface area contributed by atoms with E-state index in [4.69, 9.17) is 5.73 Å². The quantitative estimate of drug-likeness (QED) is 0.889. The van der Waals surface area contributed by atoms with Gasteiger partial charge in [-0.15, -0.1) is 11.3 Å². The molecular formula is C15H19N3OS. The Bertz CT molecular complexity index is 566. The van der Waals surface area contributed by atoms with Crippen LogP contribution in [0.4, 0.5) is 5.13 Å². The van der Waals surface area contributed by atoms with Crippen LogP contribution in [0.3, 0.4) is 0 Å². The first-order valence-corrected chi connectivity index (χ1v) is 7.48.